The molecule has 230 valence electrons. The second-order valence-electron chi connectivity index (χ2n) is 16.6. The molecule has 2 aliphatic heterocycles. The van der Waals surface area contributed by atoms with Gasteiger partial charge in [-0.05, 0) is 110 Å². The average molecular weight is 583 g/mol. The maximum atomic E-state index is 12.7. The van der Waals surface area contributed by atoms with Crippen LogP contribution in [0, 0.1) is 45.8 Å². The Bertz CT molecular complexity index is 1370. The molecule has 0 bridgehead atoms. The number of fused-ring (bicyclic) bond motifs is 6. The number of hydrogen-bond acceptors (Lipinski definition) is 4. The lowest BCUT2D eigenvalue weighted by atomic mass is 9.47. The van der Waals surface area contributed by atoms with Gasteiger partial charge in [0.05, 0.1) is 11.7 Å². The van der Waals surface area contributed by atoms with Crippen molar-refractivity contribution in [1.82, 2.24) is 10.2 Å². The highest BCUT2D eigenvalue weighted by atomic mass is 16.5. The number of hydrogen-bond donors (Lipinski definition) is 1. The highest BCUT2D eigenvalue weighted by Gasteiger charge is 2.91. The van der Waals surface area contributed by atoms with Gasteiger partial charge in [-0.25, -0.2) is 0 Å². The molecule has 8 aliphatic rings. The summed E-state index contributed by atoms with van der Waals surface area (Å²) in [6.07, 6.45) is 16.1. The molecule has 5 saturated carbocycles. The Morgan fingerprint density at radius 3 is 2.79 bits per heavy atom. The van der Waals surface area contributed by atoms with Crippen LogP contribution in [0.25, 0.3) is 0 Å². The smallest absolute Gasteiger partial charge is 0.220 e. The topological polar surface area (TPSA) is 58.6 Å². The fraction of sp³-hybridized carbons (Fsp3) is 0.737. The summed E-state index contributed by atoms with van der Waals surface area (Å²) in [5.41, 5.74) is 4.02. The van der Waals surface area contributed by atoms with E-state index in [1.807, 2.05) is 18.2 Å². The molecular weight excluding hydrogens is 532 g/mol. The van der Waals surface area contributed by atoms with E-state index in [2.05, 4.69) is 42.3 Å². The number of likely N-dealkylation sites (tertiary alicyclic amines) is 1. The summed E-state index contributed by atoms with van der Waals surface area (Å²) in [7, 11) is 0. The molecule has 7 fully saturated rings. The monoisotopic (exact) mass is 582 g/mol. The molecule has 1 N–H and O–H groups in total. The molecule has 3 spiro atoms. The van der Waals surface area contributed by atoms with Crippen molar-refractivity contribution >= 4 is 11.7 Å². The zero-order valence-corrected chi connectivity index (χ0v) is 26.3. The Kier molecular flexibility index (Phi) is 5.90. The van der Waals surface area contributed by atoms with Gasteiger partial charge in [0.15, 0.2) is 5.78 Å². The molecule has 43 heavy (non-hydrogen) atoms. The fourth-order valence-electron chi connectivity index (χ4n) is 13.4. The molecule has 2 heterocycles. The first-order valence-corrected chi connectivity index (χ1v) is 17.8. The van der Waals surface area contributed by atoms with E-state index in [1.165, 1.54) is 56.1 Å². The van der Waals surface area contributed by atoms with Gasteiger partial charge in [0.1, 0.15) is 0 Å². The van der Waals surface area contributed by atoms with Crippen molar-refractivity contribution in [3.8, 4) is 0 Å². The predicted molar refractivity (Wildman–Crippen MR) is 166 cm³/mol. The van der Waals surface area contributed by atoms with E-state index in [9.17, 15) is 9.59 Å². The van der Waals surface area contributed by atoms with Crippen LogP contribution in [0.15, 0.2) is 42.0 Å². The van der Waals surface area contributed by atoms with Crippen LogP contribution in [-0.4, -0.2) is 54.0 Å². The van der Waals surface area contributed by atoms with Gasteiger partial charge in [0.2, 0.25) is 5.91 Å². The van der Waals surface area contributed by atoms with Crippen LogP contribution in [0.3, 0.4) is 0 Å². The first-order valence-electron chi connectivity index (χ1n) is 17.8. The number of rotatable bonds is 6. The van der Waals surface area contributed by atoms with Crippen molar-refractivity contribution in [1.29, 1.82) is 0 Å². The fourth-order valence-corrected chi connectivity index (χ4v) is 13.4. The quantitative estimate of drug-likeness (QED) is 0.440. The minimum Gasteiger partial charge on any atom is -0.369 e. The van der Waals surface area contributed by atoms with Crippen LogP contribution in [0.1, 0.15) is 90.0 Å². The molecule has 6 aliphatic carbocycles. The number of allylic oxidation sites excluding steroid dienone is 2. The zero-order valence-electron chi connectivity index (χ0n) is 26.3. The highest BCUT2D eigenvalue weighted by molar-refractivity contribution is 5.91. The van der Waals surface area contributed by atoms with E-state index in [1.54, 1.807) is 0 Å². The molecule has 1 amide bonds. The molecule has 5 nitrogen and oxygen atoms in total. The number of aryl methyl sites for hydroxylation is 1. The van der Waals surface area contributed by atoms with E-state index in [0.29, 0.717) is 47.0 Å². The first-order chi connectivity index (χ1) is 20.8. The molecular formula is C38H50N2O3. The van der Waals surface area contributed by atoms with Gasteiger partial charge in [0, 0.05) is 49.9 Å². The Morgan fingerprint density at radius 1 is 1.07 bits per heavy atom. The molecule has 5 heteroatoms. The number of nitrogens with one attached hydrogen (secondary N) is 1. The van der Waals surface area contributed by atoms with Gasteiger partial charge in [-0.15, -0.1) is 0 Å². The van der Waals surface area contributed by atoms with Gasteiger partial charge < -0.3 is 10.1 Å². The molecule has 11 atom stereocenters. The lowest BCUT2D eigenvalue weighted by Gasteiger charge is -2.60. The Labute approximate surface area is 257 Å². The van der Waals surface area contributed by atoms with Crippen LogP contribution in [0.5, 0.6) is 0 Å². The molecule has 1 aromatic rings. The highest BCUT2D eigenvalue weighted by Crippen LogP contribution is 2.93. The van der Waals surface area contributed by atoms with Gasteiger partial charge >= 0.3 is 0 Å². The predicted octanol–water partition coefficient (Wildman–Crippen LogP) is 6.12. The zero-order chi connectivity index (χ0) is 29.2. The van der Waals surface area contributed by atoms with E-state index < -0.39 is 0 Å². The lowest BCUT2D eigenvalue weighted by molar-refractivity contribution is -0.211. The van der Waals surface area contributed by atoms with Crippen LogP contribution in [0.4, 0.5) is 0 Å². The number of benzene rings is 1. The van der Waals surface area contributed by atoms with Crippen molar-refractivity contribution < 1.29 is 14.3 Å². The van der Waals surface area contributed by atoms with E-state index in [4.69, 9.17) is 4.74 Å². The molecule has 9 rings (SSSR count). The Balaban J connectivity index is 0.896. The third-order valence-corrected chi connectivity index (χ3v) is 15.1. The number of carbonyl (C=O) groups is 2. The summed E-state index contributed by atoms with van der Waals surface area (Å²) >= 11 is 0. The van der Waals surface area contributed by atoms with Gasteiger partial charge in [-0.3, -0.25) is 14.5 Å². The van der Waals surface area contributed by atoms with Crippen molar-refractivity contribution in [3.63, 3.8) is 0 Å². The standard InChI is InChI=1S/C38H50N2O3/c1-24-18-32-34(40(22-24)17-16-39-33(42)11-8-25-6-4-3-5-7-25)31-21-37-23-36(37)20-30-28(29(36)13-15-38(31,37)43-32)10-9-26-19-27(41)12-14-35(26,30)2/h3-7,19,24,28-32,34H,8-18,20-23H2,1-2H3,(H,39,42)/t24-,28-,29-,30-,31+,32+,34-,35-,36?,37?,38+/m0/s1. The average Bonchev–Trinajstić information content (AvgIpc) is 3.48. The van der Waals surface area contributed by atoms with Crippen LogP contribution in [0.2, 0.25) is 0 Å². The van der Waals surface area contributed by atoms with Crippen molar-refractivity contribution in [2.24, 2.45) is 45.8 Å². The number of ether oxygens (including phenoxy) is 1. The maximum Gasteiger partial charge on any atom is 0.220 e. The second kappa shape index (κ2) is 9.28. The summed E-state index contributed by atoms with van der Waals surface area (Å²) in [6, 6.07) is 10.9. The minimum absolute atomic E-state index is 0.107. The third-order valence-electron chi connectivity index (χ3n) is 15.1. The number of amides is 1. The molecule has 2 saturated heterocycles. The van der Waals surface area contributed by atoms with Crippen LogP contribution >= 0.6 is 0 Å². The van der Waals surface area contributed by atoms with E-state index >= 15 is 0 Å². The maximum absolute atomic E-state index is 12.7. The second-order valence-corrected chi connectivity index (χ2v) is 16.6. The van der Waals surface area contributed by atoms with Gasteiger partial charge in [-0.2, -0.15) is 0 Å². The molecule has 2 unspecified atom stereocenters. The van der Waals surface area contributed by atoms with Crippen molar-refractivity contribution in [2.45, 2.75) is 109 Å². The number of carbonyl (C=O) groups excluding carboxylic acids is 2. The summed E-state index contributed by atoms with van der Waals surface area (Å²) < 4.78 is 7.43. The van der Waals surface area contributed by atoms with Crippen molar-refractivity contribution in [3.05, 3.63) is 47.5 Å². The number of ketones is 1. The largest absolute Gasteiger partial charge is 0.369 e. The Morgan fingerprint density at radius 2 is 1.93 bits per heavy atom. The van der Waals surface area contributed by atoms with Crippen LogP contribution < -0.4 is 5.32 Å². The normalized spacial score (nSPS) is 48.7. The first kappa shape index (κ1) is 27.3. The van der Waals surface area contributed by atoms with Gasteiger partial charge in [-0.1, -0.05) is 49.8 Å². The van der Waals surface area contributed by atoms with Crippen molar-refractivity contribution in [2.75, 3.05) is 19.6 Å². The van der Waals surface area contributed by atoms with E-state index in [0.717, 1.165) is 63.1 Å². The molecule has 1 aromatic carbocycles. The lowest BCUT2D eigenvalue weighted by Crippen LogP contribution is -2.64. The molecule has 0 radical (unpaired) electrons. The Hall–Kier alpha value is -1.98. The third kappa shape index (κ3) is 3.59. The van der Waals surface area contributed by atoms with Gasteiger partial charge in [0.25, 0.3) is 0 Å². The summed E-state index contributed by atoms with van der Waals surface area (Å²) in [4.78, 5) is 27.7. The number of nitrogens with zero attached hydrogens (tertiary/aromatic N) is 1. The van der Waals surface area contributed by atoms with Crippen LogP contribution in [-0.2, 0) is 20.7 Å². The summed E-state index contributed by atoms with van der Waals surface area (Å²) in [5, 5.41) is 3.25. The molecule has 0 aromatic heterocycles. The summed E-state index contributed by atoms with van der Waals surface area (Å²) in [5.74, 6) is 4.35. The SMILES string of the molecule is C[C@H]1C[C@H]2O[C@@]34CC[C@H]5[C@@H]6CCC7=CC(=O)CC[C@]7(C)[C@H]6CC56CC63C[C@@H]4[C@@H]2N(CCNC(=O)CCc2ccccc2)C1. The number of piperidine rings is 1. The summed E-state index contributed by atoms with van der Waals surface area (Å²) in [6.45, 7) is 7.74. The minimum atomic E-state index is 0.107. The van der Waals surface area contributed by atoms with E-state index in [-0.39, 0.29) is 16.9 Å².